The van der Waals surface area contributed by atoms with E-state index in [1.165, 1.54) is 43.6 Å². The summed E-state index contributed by atoms with van der Waals surface area (Å²) >= 11 is 2.15. The summed E-state index contributed by atoms with van der Waals surface area (Å²) in [6.07, 6.45) is 7.31. The van der Waals surface area contributed by atoms with Crippen molar-refractivity contribution < 1.29 is 0 Å². The standard InChI is InChI=1S/C13H25NS/c1-10-4-3-5-11(8-10)13(14-2)12-6-7-15-9-12/h10-14H,3-9H2,1-2H3. The first-order valence-corrected chi connectivity index (χ1v) is 7.71. The van der Waals surface area contributed by atoms with Gasteiger partial charge in [-0.15, -0.1) is 0 Å². The van der Waals surface area contributed by atoms with Crippen molar-refractivity contribution in [3.05, 3.63) is 0 Å². The largest absolute Gasteiger partial charge is 0.316 e. The van der Waals surface area contributed by atoms with Gasteiger partial charge in [-0.05, 0) is 55.6 Å². The van der Waals surface area contributed by atoms with Gasteiger partial charge in [-0.25, -0.2) is 0 Å². The highest BCUT2D eigenvalue weighted by Crippen LogP contribution is 2.37. The summed E-state index contributed by atoms with van der Waals surface area (Å²) in [5, 5.41) is 3.62. The second-order valence-electron chi connectivity index (χ2n) is 5.47. The first-order valence-electron chi connectivity index (χ1n) is 6.56. The molecule has 1 aliphatic heterocycles. The molecule has 0 radical (unpaired) electrons. The highest BCUT2D eigenvalue weighted by molar-refractivity contribution is 7.99. The van der Waals surface area contributed by atoms with E-state index >= 15 is 0 Å². The van der Waals surface area contributed by atoms with E-state index in [0.717, 1.165) is 23.8 Å². The van der Waals surface area contributed by atoms with Crippen LogP contribution in [0, 0.1) is 17.8 Å². The predicted molar refractivity (Wildman–Crippen MR) is 69.4 cm³/mol. The third-order valence-corrected chi connectivity index (χ3v) is 5.48. The van der Waals surface area contributed by atoms with Crippen molar-refractivity contribution in [1.82, 2.24) is 5.32 Å². The van der Waals surface area contributed by atoms with Crippen molar-refractivity contribution in [2.75, 3.05) is 18.6 Å². The molecule has 1 saturated heterocycles. The van der Waals surface area contributed by atoms with E-state index < -0.39 is 0 Å². The summed E-state index contributed by atoms with van der Waals surface area (Å²) < 4.78 is 0. The summed E-state index contributed by atoms with van der Waals surface area (Å²) in [6, 6.07) is 0.808. The third kappa shape index (κ3) is 2.91. The van der Waals surface area contributed by atoms with Crippen LogP contribution in [0.1, 0.15) is 39.0 Å². The van der Waals surface area contributed by atoms with Gasteiger partial charge in [0.05, 0.1) is 0 Å². The second kappa shape index (κ2) is 5.58. The van der Waals surface area contributed by atoms with Gasteiger partial charge in [0.25, 0.3) is 0 Å². The quantitative estimate of drug-likeness (QED) is 0.795. The summed E-state index contributed by atoms with van der Waals surface area (Å²) in [4.78, 5) is 0. The van der Waals surface area contributed by atoms with Gasteiger partial charge in [-0.3, -0.25) is 0 Å². The molecule has 1 saturated carbocycles. The molecular weight excluding hydrogens is 202 g/mol. The summed E-state index contributed by atoms with van der Waals surface area (Å²) in [5.74, 6) is 5.67. The first-order chi connectivity index (χ1) is 7.31. The van der Waals surface area contributed by atoms with Gasteiger partial charge < -0.3 is 5.32 Å². The lowest BCUT2D eigenvalue weighted by Crippen LogP contribution is -2.42. The summed E-state index contributed by atoms with van der Waals surface area (Å²) in [5.41, 5.74) is 0. The van der Waals surface area contributed by atoms with Crippen LogP contribution in [0.25, 0.3) is 0 Å². The normalized spacial score (nSPS) is 39.2. The molecule has 2 aliphatic rings. The van der Waals surface area contributed by atoms with Gasteiger partial charge in [0, 0.05) is 6.04 Å². The Morgan fingerprint density at radius 3 is 2.67 bits per heavy atom. The molecule has 4 unspecified atom stereocenters. The Bertz CT molecular complexity index is 189. The van der Waals surface area contributed by atoms with Crippen LogP contribution in [0.2, 0.25) is 0 Å². The molecule has 15 heavy (non-hydrogen) atoms. The molecule has 1 N–H and O–H groups in total. The molecule has 0 amide bonds. The number of rotatable bonds is 3. The molecule has 1 aliphatic carbocycles. The van der Waals surface area contributed by atoms with Crippen molar-refractivity contribution in [2.45, 2.75) is 45.1 Å². The maximum absolute atomic E-state index is 3.62. The molecule has 4 atom stereocenters. The van der Waals surface area contributed by atoms with Crippen LogP contribution < -0.4 is 5.32 Å². The maximum atomic E-state index is 3.62. The van der Waals surface area contributed by atoms with Gasteiger partial charge >= 0.3 is 0 Å². The SMILES string of the molecule is CNC(C1CCSC1)C1CCCC(C)C1. The molecule has 0 spiro atoms. The van der Waals surface area contributed by atoms with Crippen LogP contribution in [-0.2, 0) is 0 Å². The zero-order valence-corrected chi connectivity index (χ0v) is 11.0. The van der Waals surface area contributed by atoms with Crippen LogP contribution in [0.3, 0.4) is 0 Å². The average molecular weight is 227 g/mol. The molecule has 0 aromatic heterocycles. The highest BCUT2D eigenvalue weighted by atomic mass is 32.2. The van der Waals surface area contributed by atoms with Gasteiger partial charge in [-0.1, -0.05) is 19.8 Å². The molecule has 2 heteroatoms. The van der Waals surface area contributed by atoms with E-state index in [1.54, 1.807) is 0 Å². The zero-order valence-electron chi connectivity index (χ0n) is 10.2. The van der Waals surface area contributed by atoms with Crippen molar-refractivity contribution in [3.63, 3.8) is 0 Å². The molecule has 1 nitrogen and oxygen atoms in total. The Balaban J connectivity index is 1.92. The minimum absolute atomic E-state index is 0.808. The van der Waals surface area contributed by atoms with E-state index in [9.17, 15) is 0 Å². The zero-order chi connectivity index (χ0) is 10.7. The fraction of sp³-hybridized carbons (Fsp3) is 1.00. The van der Waals surface area contributed by atoms with E-state index in [0.29, 0.717) is 0 Å². The van der Waals surface area contributed by atoms with E-state index in [-0.39, 0.29) is 0 Å². The number of nitrogens with one attached hydrogen (secondary N) is 1. The molecule has 1 heterocycles. The van der Waals surface area contributed by atoms with Gasteiger partial charge in [0.1, 0.15) is 0 Å². The van der Waals surface area contributed by atoms with Crippen LogP contribution in [-0.4, -0.2) is 24.6 Å². The Hall–Kier alpha value is 0.310. The van der Waals surface area contributed by atoms with Crippen molar-refractivity contribution in [1.29, 1.82) is 0 Å². The van der Waals surface area contributed by atoms with Gasteiger partial charge in [0.15, 0.2) is 0 Å². The lowest BCUT2D eigenvalue weighted by Gasteiger charge is -2.36. The molecule has 0 aromatic rings. The Kier molecular flexibility index (Phi) is 4.39. The minimum atomic E-state index is 0.808. The fourth-order valence-corrected chi connectivity index (χ4v) is 4.81. The molecule has 0 aromatic carbocycles. The van der Waals surface area contributed by atoms with Crippen LogP contribution in [0.4, 0.5) is 0 Å². The predicted octanol–water partition coefficient (Wildman–Crippen LogP) is 3.15. The van der Waals surface area contributed by atoms with Crippen LogP contribution >= 0.6 is 11.8 Å². The van der Waals surface area contributed by atoms with Crippen LogP contribution in [0.15, 0.2) is 0 Å². The molecule has 88 valence electrons. The molecule has 2 fully saturated rings. The average Bonchev–Trinajstić information content (AvgIpc) is 2.72. The Labute approximate surface area is 98.8 Å². The molecule has 0 bridgehead atoms. The number of thioether (sulfide) groups is 1. The summed E-state index contributed by atoms with van der Waals surface area (Å²) in [7, 11) is 2.17. The maximum Gasteiger partial charge on any atom is 0.0129 e. The molecular formula is C13H25NS. The van der Waals surface area contributed by atoms with Crippen molar-refractivity contribution in [3.8, 4) is 0 Å². The third-order valence-electron chi connectivity index (χ3n) is 4.29. The fourth-order valence-electron chi connectivity index (χ4n) is 3.50. The lowest BCUT2D eigenvalue weighted by atomic mass is 9.75. The van der Waals surface area contributed by atoms with Crippen LogP contribution in [0.5, 0.6) is 0 Å². The highest BCUT2D eigenvalue weighted by Gasteiger charge is 2.32. The summed E-state index contributed by atoms with van der Waals surface area (Å²) in [6.45, 7) is 2.43. The van der Waals surface area contributed by atoms with Crippen molar-refractivity contribution in [2.24, 2.45) is 17.8 Å². The Morgan fingerprint density at radius 1 is 1.20 bits per heavy atom. The van der Waals surface area contributed by atoms with Gasteiger partial charge in [-0.2, -0.15) is 11.8 Å². The van der Waals surface area contributed by atoms with E-state index in [2.05, 4.69) is 31.1 Å². The van der Waals surface area contributed by atoms with E-state index in [1.807, 2.05) is 0 Å². The van der Waals surface area contributed by atoms with Crippen molar-refractivity contribution >= 4 is 11.8 Å². The minimum Gasteiger partial charge on any atom is -0.316 e. The molecule has 2 rings (SSSR count). The van der Waals surface area contributed by atoms with E-state index in [4.69, 9.17) is 0 Å². The van der Waals surface area contributed by atoms with Gasteiger partial charge in [0.2, 0.25) is 0 Å². The number of hydrogen-bond donors (Lipinski definition) is 1. The lowest BCUT2D eigenvalue weighted by molar-refractivity contribution is 0.192. The smallest absolute Gasteiger partial charge is 0.0129 e. The monoisotopic (exact) mass is 227 g/mol. The topological polar surface area (TPSA) is 12.0 Å². The first kappa shape index (κ1) is 11.8. The second-order valence-corrected chi connectivity index (χ2v) is 6.62. The number of hydrogen-bond acceptors (Lipinski definition) is 2. The Morgan fingerprint density at radius 2 is 2.07 bits per heavy atom.